The van der Waals surface area contributed by atoms with Crippen LogP contribution in [-0.4, -0.2) is 15.6 Å². The quantitative estimate of drug-likeness (QED) is 0.870. The number of hydrogen-bond donors (Lipinski definition) is 1. The molecule has 0 unspecified atom stereocenters. The molecular weight excluding hydrogens is 270 g/mol. The van der Waals surface area contributed by atoms with Gasteiger partial charge in [0, 0.05) is 16.3 Å². The molecule has 3 nitrogen and oxygen atoms in total. The third kappa shape index (κ3) is 1.53. The smallest absolute Gasteiger partial charge is 0.231 e. The summed E-state index contributed by atoms with van der Waals surface area (Å²) in [4.78, 5) is 11.8. The normalized spacial score (nSPS) is 10.9. The second-order valence-electron chi connectivity index (χ2n) is 3.68. The van der Waals surface area contributed by atoms with Crippen molar-refractivity contribution in [2.24, 2.45) is 0 Å². The maximum Gasteiger partial charge on any atom is 0.231 e. The van der Waals surface area contributed by atoms with Gasteiger partial charge in [0.25, 0.3) is 0 Å². The Hall–Kier alpha value is -1.29. The molecule has 0 saturated carbocycles. The van der Waals surface area contributed by atoms with Crippen molar-refractivity contribution in [2.75, 3.05) is 0 Å². The minimum absolute atomic E-state index is 0.00915. The van der Waals surface area contributed by atoms with Gasteiger partial charge >= 0.3 is 0 Å². The van der Waals surface area contributed by atoms with Crippen molar-refractivity contribution in [1.82, 2.24) is 4.57 Å². The minimum atomic E-state index is -0.00915. The van der Waals surface area contributed by atoms with Crippen LogP contribution >= 0.6 is 15.9 Å². The second kappa shape index (κ2) is 3.94. The second-order valence-corrected chi connectivity index (χ2v) is 4.59. The summed E-state index contributed by atoms with van der Waals surface area (Å²) in [5.74, 6) is 0.170. The van der Waals surface area contributed by atoms with E-state index in [9.17, 15) is 9.90 Å². The molecule has 0 aliphatic heterocycles. The molecule has 1 aromatic heterocycles. The Morgan fingerprint density at radius 1 is 1.50 bits per heavy atom. The van der Waals surface area contributed by atoms with Gasteiger partial charge < -0.3 is 5.11 Å². The van der Waals surface area contributed by atoms with Crippen LogP contribution in [0, 0.1) is 6.92 Å². The molecule has 1 heterocycles. The van der Waals surface area contributed by atoms with E-state index in [0.717, 1.165) is 9.99 Å². The zero-order chi connectivity index (χ0) is 11.9. The number of carbonyl (C=O) groups is 1. The van der Waals surface area contributed by atoms with Crippen molar-refractivity contribution in [3.05, 3.63) is 28.4 Å². The average Bonchev–Trinajstić information content (AvgIpc) is 2.52. The van der Waals surface area contributed by atoms with E-state index in [1.165, 1.54) is 0 Å². The zero-order valence-corrected chi connectivity index (χ0v) is 10.7. The summed E-state index contributed by atoms with van der Waals surface area (Å²) in [6.45, 7) is 3.56. The standard InChI is InChI=1S/C12H12BrNO2/c1-3-11(15)14-7(2)12(16)9-6-8(13)4-5-10(9)14/h4-6,16H,3H2,1-2H3. The van der Waals surface area contributed by atoms with Crippen molar-refractivity contribution < 1.29 is 9.90 Å². The number of aromatic nitrogens is 1. The van der Waals surface area contributed by atoms with E-state index < -0.39 is 0 Å². The third-order valence-corrected chi connectivity index (χ3v) is 3.18. The third-order valence-electron chi connectivity index (χ3n) is 2.68. The van der Waals surface area contributed by atoms with E-state index >= 15 is 0 Å². The van der Waals surface area contributed by atoms with E-state index in [1.54, 1.807) is 11.5 Å². The Labute approximate surface area is 102 Å². The van der Waals surface area contributed by atoms with Crippen molar-refractivity contribution in [3.8, 4) is 5.75 Å². The highest BCUT2D eigenvalue weighted by Crippen LogP contribution is 2.33. The maximum atomic E-state index is 11.8. The van der Waals surface area contributed by atoms with E-state index in [4.69, 9.17) is 0 Å². The first-order valence-corrected chi connectivity index (χ1v) is 5.88. The summed E-state index contributed by atoms with van der Waals surface area (Å²) in [6, 6.07) is 5.51. The van der Waals surface area contributed by atoms with Crippen molar-refractivity contribution in [1.29, 1.82) is 0 Å². The SMILES string of the molecule is CCC(=O)n1c(C)c(O)c2cc(Br)ccc21. The van der Waals surface area contributed by atoms with Crippen LogP contribution in [0.1, 0.15) is 23.8 Å². The Kier molecular flexibility index (Phi) is 2.76. The molecule has 2 rings (SSSR count). The number of halogens is 1. The van der Waals surface area contributed by atoms with Gasteiger partial charge in [-0.1, -0.05) is 22.9 Å². The van der Waals surface area contributed by atoms with Crippen LogP contribution in [0.5, 0.6) is 5.75 Å². The van der Waals surface area contributed by atoms with Gasteiger partial charge in [0.2, 0.25) is 5.91 Å². The lowest BCUT2D eigenvalue weighted by Gasteiger charge is -2.03. The number of fused-ring (bicyclic) bond motifs is 1. The van der Waals surface area contributed by atoms with Crippen LogP contribution in [0.3, 0.4) is 0 Å². The van der Waals surface area contributed by atoms with Crippen molar-refractivity contribution >= 4 is 32.7 Å². The van der Waals surface area contributed by atoms with Crippen LogP contribution in [0.2, 0.25) is 0 Å². The van der Waals surface area contributed by atoms with E-state index in [1.807, 2.05) is 25.1 Å². The van der Waals surface area contributed by atoms with Crippen molar-refractivity contribution in [3.63, 3.8) is 0 Å². The topological polar surface area (TPSA) is 42.2 Å². The Balaban J connectivity index is 2.84. The summed E-state index contributed by atoms with van der Waals surface area (Å²) in [6.07, 6.45) is 0.417. The van der Waals surface area contributed by atoms with Gasteiger partial charge in [0.05, 0.1) is 11.2 Å². The number of carbonyl (C=O) groups excluding carboxylic acids is 1. The fraction of sp³-hybridized carbons (Fsp3) is 0.250. The number of aromatic hydroxyl groups is 1. The predicted octanol–water partition coefficient (Wildman–Crippen LogP) is 3.47. The van der Waals surface area contributed by atoms with Gasteiger partial charge in [-0.15, -0.1) is 0 Å². The van der Waals surface area contributed by atoms with Crippen LogP contribution in [0.25, 0.3) is 10.9 Å². The van der Waals surface area contributed by atoms with E-state index in [-0.39, 0.29) is 11.7 Å². The molecule has 16 heavy (non-hydrogen) atoms. The summed E-state index contributed by atoms with van der Waals surface area (Å²) in [5, 5.41) is 10.7. The number of nitrogens with zero attached hydrogens (tertiary/aromatic N) is 1. The highest BCUT2D eigenvalue weighted by molar-refractivity contribution is 9.10. The zero-order valence-electron chi connectivity index (χ0n) is 9.12. The van der Waals surface area contributed by atoms with Crippen LogP contribution in [-0.2, 0) is 0 Å². The molecule has 0 spiro atoms. The fourth-order valence-corrected chi connectivity index (χ4v) is 2.21. The lowest BCUT2D eigenvalue weighted by molar-refractivity contribution is 0.0911. The summed E-state index contributed by atoms with van der Waals surface area (Å²) in [5.41, 5.74) is 1.35. The van der Waals surface area contributed by atoms with Crippen LogP contribution in [0.15, 0.2) is 22.7 Å². The molecule has 84 valence electrons. The Morgan fingerprint density at radius 2 is 2.19 bits per heavy atom. The van der Waals surface area contributed by atoms with Gasteiger partial charge in [-0.05, 0) is 25.1 Å². The number of benzene rings is 1. The Morgan fingerprint density at radius 3 is 2.81 bits per heavy atom. The summed E-state index contributed by atoms with van der Waals surface area (Å²) >= 11 is 3.35. The molecular formula is C12H12BrNO2. The lowest BCUT2D eigenvalue weighted by Crippen LogP contribution is -2.09. The molecule has 0 saturated heterocycles. The molecule has 1 N–H and O–H groups in total. The monoisotopic (exact) mass is 281 g/mol. The molecule has 0 aliphatic rings. The van der Waals surface area contributed by atoms with Crippen molar-refractivity contribution in [2.45, 2.75) is 20.3 Å². The predicted molar refractivity (Wildman–Crippen MR) is 67.0 cm³/mol. The highest BCUT2D eigenvalue weighted by Gasteiger charge is 2.16. The molecule has 0 bridgehead atoms. The van der Waals surface area contributed by atoms with Gasteiger partial charge in [0.1, 0.15) is 5.75 Å². The first-order valence-electron chi connectivity index (χ1n) is 5.09. The van der Waals surface area contributed by atoms with Gasteiger partial charge in [-0.2, -0.15) is 0 Å². The maximum absolute atomic E-state index is 11.8. The lowest BCUT2D eigenvalue weighted by atomic mass is 10.2. The molecule has 0 radical (unpaired) electrons. The molecule has 4 heteroatoms. The number of hydrogen-bond acceptors (Lipinski definition) is 2. The Bertz CT molecular complexity index is 572. The molecule has 0 amide bonds. The van der Waals surface area contributed by atoms with E-state index in [0.29, 0.717) is 17.5 Å². The van der Waals surface area contributed by atoms with Gasteiger partial charge in [0.15, 0.2) is 0 Å². The summed E-state index contributed by atoms with van der Waals surface area (Å²) < 4.78 is 2.45. The van der Waals surface area contributed by atoms with Crippen LogP contribution < -0.4 is 0 Å². The number of rotatable bonds is 1. The molecule has 2 aromatic rings. The minimum Gasteiger partial charge on any atom is -0.505 e. The molecule has 1 aromatic carbocycles. The van der Waals surface area contributed by atoms with E-state index in [2.05, 4.69) is 15.9 Å². The highest BCUT2D eigenvalue weighted by atomic mass is 79.9. The summed E-state index contributed by atoms with van der Waals surface area (Å²) in [7, 11) is 0. The molecule has 0 aliphatic carbocycles. The van der Waals surface area contributed by atoms with Gasteiger partial charge in [-0.3, -0.25) is 9.36 Å². The average molecular weight is 282 g/mol. The fourth-order valence-electron chi connectivity index (χ4n) is 1.85. The largest absolute Gasteiger partial charge is 0.505 e. The molecule has 0 fully saturated rings. The van der Waals surface area contributed by atoms with Crippen LogP contribution in [0.4, 0.5) is 0 Å². The van der Waals surface area contributed by atoms with Gasteiger partial charge in [-0.25, -0.2) is 0 Å². The first kappa shape index (κ1) is 11.2. The molecule has 0 atom stereocenters. The first-order chi connectivity index (χ1) is 7.56.